The predicted molar refractivity (Wildman–Crippen MR) is 65.2 cm³/mol. The molecule has 1 aliphatic carbocycles. The van der Waals surface area contributed by atoms with Crippen LogP contribution < -0.4 is 0 Å². The second-order valence-electron chi connectivity index (χ2n) is 4.66. The van der Waals surface area contributed by atoms with Crippen LogP contribution >= 0.6 is 11.6 Å². The minimum absolute atomic E-state index is 0.0726. The van der Waals surface area contributed by atoms with E-state index in [1.807, 2.05) is 0 Å². The molecular weight excluding hydrogens is 232 g/mol. The Morgan fingerprint density at radius 1 is 1.27 bits per heavy atom. The molecular formula is C11H21ClO2S. The van der Waals surface area contributed by atoms with Crippen LogP contribution in [0.2, 0.25) is 0 Å². The van der Waals surface area contributed by atoms with Gasteiger partial charge in [-0.25, -0.2) is 8.42 Å². The fourth-order valence-electron chi connectivity index (χ4n) is 2.27. The first-order valence-corrected chi connectivity index (χ1v) is 8.09. The predicted octanol–water partition coefficient (Wildman–Crippen LogP) is 3.00. The van der Waals surface area contributed by atoms with Crippen LogP contribution in [0.4, 0.5) is 0 Å². The van der Waals surface area contributed by atoms with Crippen LogP contribution in [-0.2, 0) is 9.84 Å². The van der Waals surface area contributed by atoms with Crippen molar-refractivity contribution in [2.75, 3.05) is 11.6 Å². The van der Waals surface area contributed by atoms with Gasteiger partial charge in [0.15, 0.2) is 9.84 Å². The quantitative estimate of drug-likeness (QED) is 0.557. The SMILES string of the molecule is CC1CCCC(S(=O)(=O)CCCCCl)C1. The number of hydrogen-bond donors (Lipinski definition) is 0. The van der Waals surface area contributed by atoms with E-state index in [0.717, 1.165) is 32.1 Å². The molecule has 1 rings (SSSR count). The molecule has 0 aromatic rings. The molecule has 2 nitrogen and oxygen atoms in total. The highest BCUT2D eigenvalue weighted by Gasteiger charge is 2.29. The second kappa shape index (κ2) is 6.09. The standard InChI is InChI=1S/C11H21ClO2S/c1-10-5-4-6-11(9-10)15(13,14)8-3-2-7-12/h10-11H,2-9H2,1H3. The lowest BCUT2D eigenvalue weighted by Gasteiger charge is -2.26. The molecule has 0 bridgehead atoms. The molecule has 90 valence electrons. The smallest absolute Gasteiger partial charge is 0.153 e. The van der Waals surface area contributed by atoms with Gasteiger partial charge in [-0.3, -0.25) is 0 Å². The lowest BCUT2D eigenvalue weighted by atomic mass is 9.91. The van der Waals surface area contributed by atoms with Gasteiger partial charge in [0.1, 0.15) is 0 Å². The first kappa shape index (κ1) is 13.3. The van der Waals surface area contributed by atoms with E-state index in [0.29, 0.717) is 17.6 Å². The summed E-state index contributed by atoms with van der Waals surface area (Å²) in [5, 5.41) is -0.0726. The van der Waals surface area contributed by atoms with Crippen LogP contribution in [0.3, 0.4) is 0 Å². The molecule has 2 unspecified atom stereocenters. The second-order valence-corrected chi connectivity index (χ2v) is 7.44. The lowest BCUT2D eigenvalue weighted by Crippen LogP contribution is -2.29. The summed E-state index contributed by atoms with van der Waals surface area (Å²) >= 11 is 5.54. The van der Waals surface area contributed by atoms with Gasteiger partial charge in [-0.2, -0.15) is 0 Å². The van der Waals surface area contributed by atoms with Crippen molar-refractivity contribution in [1.82, 2.24) is 0 Å². The minimum Gasteiger partial charge on any atom is -0.229 e. The Kier molecular flexibility index (Phi) is 5.41. The summed E-state index contributed by atoms with van der Waals surface area (Å²) in [7, 11) is -2.85. The molecule has 0 aliphatic heterocycles. The van der Waals surface area contributed by atoms with E-state index in [1.165, 1.54) is 6.42 Å². The van der Waals surface area contributed by atoms with Gasteiger partial charge in [-0.15, -0.1) is 11.6 Å². The number of hydrogen-bond acceptors (Lipinski definition) is 2. The van der Waals surface area contributed by atoms with Crippen molar-refractivity contribution in [3.05, 3.63) is 0 Å². The summed E-state index contributed by atoms with van der Waals surface area (Å²) in [6.07, 6.45) is 5.52. The van der Waals surface area contributed by atoms with E-state index >= 15 is 0 Å². The summed E-state index contributed by atoms with van der Waals surface area (Å²) in [4.78, 5) is 0. The van der Waals surface area contributed by atoms with Crippen molar-refractivity contribution in [3.8, 4) is 0 Å². The zero-order valence-corrected chi connectivity index (χ0v) is 11.0. The molecule has 0 aromatic heterocycles. The highest BCUT2D eigenvalue weighted by molar-refractivity contribution is 7.92. The van der Waals surface area contributed by atoms with Gasteiger partial charge in [0.2, 0.25) is 0 Å². The fourth-order valence-corrected chi connectivity index (χ4v) is 4.55. The number of rotatable bonds is 5. The van der Waals surface area contributed by atoms with Crippen LogP contribution in [0.15, 0.2) is 0 Å². The van der Waals surface area contributed by atoms with Crippen LogP contribution in [0.5, 0.6) is 0 Å². The van der Waals surface area contributed by atoms with Gasteiger partial charge < -0.3 is 0 Å². The van der Waals surface area contributed by atoms with Gasteiger partial charge >= 0.3 is 0 Å². The zero-order chi connectivity index (χ0) is 11.3. The summed E-state index contributed by atoms with van der Waals surface area (Å²) in [6, 6.07) is 0. The Labute approximate surface area is 98.3 Å². The van der Waals surface area contributed by atoms with E-state index in [2.05, 4.69) is 6.92 Å². The van der Waals surface area contributed by atoms with E-state index in [-0.39, 0.29) is 5.25 Å². The summed E-state index contributed by atoms with van der Waals surface area (Å²) in [6.45, 7) is 2.15. The summed E-state index contributed by atoms with van der Waals surface area (Å²) in [5.74, 6) is 1.47. The van der Waals surface area contributed by atoms with Gasteiger partial charge in [-0.1, -0.05) is 19.8 Å². The molecule has 0 aromatic carbocycles. The Morgan fingerprint density at radius 3 is 2.60 bits per heavy atom. The third kappa shape index (κ3) is 4.31. The van der Waals surface area contributed by atoms with E-state index < -0.39 is 9.84 Å². The van der Waals surface area contributed by atoms with Crippen LogP contribution in [0.1, 0.15) is 45.4 Å². The normalized spacial score (nSPS) is 27.9. The van der Waals surface area contributed by atoms with Crippen molar-refractivity contribution in [3.63, 3.8) is 0 Å². The Bertz CT molecular complexity index is 274. The molecule has 0 saturated heterocycles. The highest BCUT2D eigenvalue weighted by atomic mass is 35.5. The lowest BCUT2D eigenvalue weighted by molar-refractivity contribution is 0.381. The average molecular weight is 253 g/mol. The van der Waals surface area contributed by atoms with E-state index in [9.17, 15) is 8.42 Å². The molecule has 1 aliphatic rings. The Balaban J connectivity index is 2.45. The number of alkyl halides is 1. The largest absolute Gasteiger partial charge is 0.229 e. The van der Waals surface area contributed by atoms with Crippen LogP contribution in [0.25, 0.3) is 0 Å². The van der Waals surface area contributed by atoms with Gasteiger partial charge in [0, 0.05) is 5.88 Å². The number of unbranched alkanes of at least 4 members (excludes halogenated alkanes) is 1. The molecule has 0 radical (unpaired) electrons. The number of sulfone groups is 1. The van der Waals surface area contributed by atoms with Crippen LogP contribution in [0, 0.1) is 5.92 Å². The first-order chi connectivity index (χ1) is 7.06. The highest BCUT2D eigenvalue weighted by Crippen LogP contribution is 2.29. The maximum Gasteiger partial charge on any atom is 0.153 e. The monoisotopic (exact) mass is 252 g/mol. The van der Waals surface area contributed by atoms with Crippen molar-refractivity contribution >= 4 is 21.4 Å². The van der Waals surface area contributed by atoms with E-state index in [1.54, 1.807) is 0 Å². The van der Waals surface area contributed by atoms with E-state index in [4.69, 9.17) is 11.6 Å². The molecule has 0 amide bonds. The molecule has 1 saturated carbocycles. The van der Waals surface area contributed by atoms with Crippen molar-refractivity contribution < 1.29 is 8.42 Å². The fraction of sp³-hybridized carbons (Fsp3) is 1.00. The third-order valence-electron chi connectivity index (χ3n) is 3.21. The van der Waals surface area contributed by atoms with Crippen molar-refractivity contribution in [2.24, 2.45) is 5.92 Å². The Morgan fingerprint density at radius 2 is 2.00 bits per heavy atom. The Hall–Kier alpha value is 0.240. The minimum atomic E-state index is -2.85. The first-order valence-electron chi connectivity index (χ1n) is 5.84. The number of halogens is 1. The van der Waals surface area contributed by atoms with Crippen molar-refractivity contribution in [1.29, 1.82) is 0 Å². The molecule has 0 heterocycles. The molecule has 4 heteroatoms. The topological polar surface area (TPSA) is 34.1 Å². The van der Waals surface area contributed by atoms with Crippen LogP contribution in [-0.4, -0.2) is 25.3 Å². The van der Waals surface area contributed by atoms with Gasteiger partial charge in [0.05, 0.1) is 11.0 Å². The molecule has 2 atom stereocenters. The third-order valence-corrected chi connectivity index (χ3v) is 5.78. The van der Waals surface area contributed by atoms with Gasteiger partial charge in [0.25, 0.3) is 0 Å². The summed E-state index contributed by atoms with van der Waals surface area (Å²) < 4.78 is 23.9. The molecule has 0 spiro atoms. The van der Waals surface area contributed by atoms with Crippen molar-refractivity contribution in [2.45, 2.75) is 50.7 Å². The maximum atomic E-state index is 12.0. The molecule has 0 N–H and O–H groups in total. The molecule has 15 heavy (non-hydrogen) atoms. The zero-order valence-electron chi connectivity index (χ0n) is 9.41. The average Bonchev–Trinajstić information content (AvgIpc) is 2.18. The molecule has 1 fully saturated rings. The van der Waals surface area contributed by atoms with Gasteiger partial charge in [-0.05, 0) is 31.6 Å². The summed E-state index contributed by atoms with van der Waals surface area (Å²) in [5.41, 5.74) is 0. The maximum absolute atomic E-state index is 12.0.